The first kappa shape index (κ1) is 15.2. The first-order valence-electron chi connectivity index (χ1n) is 6.28. The lowest BCUT2D eigenvalue weighted by molar-refractivity contribution is -0.131. The van der Waals surface area contributed by atoms with Crippen molar-refractivity contribution in [3.63, 3.8) is 0 Å². The number of benzene rings is 1. The lowest BCUT2D eigenvalue weighted by atomic mass is 10.1. The largest absolute Gasteiger partial charge is 0.497 e. The van der Waals surface area contributed by atoms with Gasteiger partial charge in [0.2, 0.25) is 0 Å². The Bertz CT molecular complexity index is 665. The fraction of sp³-hybridized carbons (Fsp3) is 0.200. The molecular formula is C15H16N2O3S. The van der Waals surface area contributed by atoms with Crippen molar-refractivity contribution in [3.8, 4) is 5.75 Å². The van der Waals surface area contributed by atoms with Crippen LogP contribution in [0.25, 0.3) is 6.08 Å². The lowest BCUT2D eigenvalue weighted by Crippen LogP contribution is -1.92. The zero-order valence-electron chi connectivity index (χ0n) is 11.8. The van der Waals surface area contributed by atoms with Gasteiger partial charge in [0.05, 0.1) is 13.3 Å². The number of hydrogen-bond donors (Lipinski definition) is 1. The van der Waals surface area contributed by atoms with Gasteiger partial charge in [-0.25, -0.2) is 4.79 Å². The Hall–Kier alpha value is -2.21. The molecule has 1 aromatic carbocycles. The van der Waals surface area contributed by atoms with Crippen LogP contribution in [0, 0.1) is 0 Å². The molecule has 0 aliphatic heterocycles. The molecule has 1 N–H and O–H groups in total. The molecule has 0 saturated heterocycles. The molecule has 0 amide bonds. The number of ether oxygens (including phenoxy) is 1. The van der Waals surface area contributed by atoms with Crippen molar-refractivity contribution >= 4 is 23.8 Å². The van der Waals surface area contributed by atoms with Gasteiger partial charge in [-0.3, -0.25) is 4.68 Å². The van der Waals surface area contributed by atoms with E-state index in [4.69, 9.17) is 9.84 Å². The lowest BCUT2D eigenvalue weighted by Gasteiger charge is -2.08. The van der Waals surface area contributed by atoms with Gasteiger partial charge in [0.1, 0.15) is 5.75 Å². The highest BCUT2D eigenvalue weighted by atomic mass is 32.2. The van der Waals surface area contributed by atoms with Crippen LogP contribution in [0.2, 0.25) is 0 Å². The summed E-state index contributed by atoms with van der Waals surface area (Å²) < 4.78 is 6.97. The first-order chi connectivity index (χ1) is 10.1. The third-order valence-corrected chi connectivity index (χ3v) is 3.83. The fourth-order valence-electron chi connectivity index (χ4n) is 1.79. The van der Waals surface area contributed by atoms with E-state index >= 15 is 0 Å². The van der Waals surface area contributed by atoms with Crippen molar-refractivity contribution in [2.45, 2.75) is 10.6 Å². The zero-order chi connectivity index (χ0) is 15.2. The van der Waals surface area contributed by atoms with Crippen LogP contribution in [-0.4, -0.2) is 28.0 Å². The van der Waals surface area contributed by atoms with Crippen molar-refractivity contribution < 1.29 is 14.6 Å². The minimum absolute atomic E-state index is 0.711. The number of hydrogen-bond acceptors (Lipinski definition) is 4. The summed E-state index contributed by atoms with van der Waals surface area (Å²) >= 11 is 1.64. The van der Waals surface area contributed by atoms with Crippen LogP contribution < -0.4 is 4.74 Å². The number of aryl methyl sites for hydroxylation is 1. The van der Waals surface area contributed by atoms with E-state index in [0.29, 0.717) is 5.75 Å². The SMILES string of the molecule is COc1ccc(C=CC(=O)O)c(CSc2cnn(C)c2)c1. The molecule has 0 aliphatic carbocycles. The van der Waals surface area contributed by atoms with Crippen molar-refractivity contribution in [2.24, 2.45) is 7.05 Å². The number of carboxylic acid groups (broad SMARTS) is 1. The van der Waals surface area contributed by atoms with Crippen LogP contribution in [-0.2, 0) is 17.6 Å². The average molecular weight is 304 g/mol. The maximum absolute atomic E-state index is 10.7. The monoisotopic (exact) mass is 304 g/mol. The summed E-state index contributed by atoms with van der Waals surface area (Å²) in [5.74, 6) is 0.503. The van der Waals surface area contributed by atoms with Gasteiger partial charge in [-0.1, -0.05) is 6.07 Å². The van der Waals surface area contributed by atoms with Crippen LogP contribution in [0.3, 0.4) is 0 Å². The van der Waals surface area contributed by atoms with Crippen LogP contribution in [0.4, 0.5) is 0 Å². The maximum atomic E-state index is 10.7. The highest BCUT2D eigenvalue weighted by Crippen LogP contribution is 2.27. The third-order valence-electron chi connectivity index (χ3n) is 2.83. The van der Waals surface area contributed by atoms with E-state index in [1.54, 1.807) is 35.8 Å². The normalized spacial score (nSPS) is 11.0. The van der Waals surface area contributed by atoms with E-state index in [9.17, 15) is 4.79 Å². The predicted molar refractivity (Wildman–Crippen MR) is 82.4 cm³/mol. The summed E-state index contributed by atoms with van der Waals surface area (Å²) in [6.45, 7) is 0. The molecule has 5 nitrogen and oxygen atoms in total. The summed E-state index contributed by atoms with van der Waals surface area (Å²) in [6.07, 6.45) is 6.48. The number of methoxy groups -OCH3 is 1. The highest BCUT2D eigenvalue weighted by molar-refractivity contribution is 7.98. The smallest absolute Gasteiger partial charge is 0.328 e. The summed E-state index contributed by atoms with van der Waals surface area (Å²) in [5.41, 5.74) is 1.88. The molecule has 0 spiro atoms. The van der Waals surface area contributed by atoms with Gasteiger partial charge in [0, 0.05) is 30.0 Å². The van der Waals surface area contributed by atoms with Crippen molar-refractivity contribution in [1.82, 2.24) is 9.78 Å². The number of carboxylic acids is 1. The summed E-state index contributed by atoms with van der Waals surface area (Å²) in [6, 6.07) is 5.60. The van der Waals surface area contributed by atoms with Gasteiger partial charge in [-0.15, -0.1) is 11.8 Å². The molecule has 0 unspecified atom stereocenters. The van der Waals surface area contributed by atoms with Gasteiger partial charge in [-0.2, -0.15) is 5.10 Å². The molecule has 1 aromatic heterocycles. The summed E-state index contributed by atoms with van der Waals surface area (Å²) in [5, 5.41) is 12.9. The molecule has 0 bridgehead atoms. The number of aromatic nitrogens is 2. The first-order valence-corrected chi connectivity index (χ1v) is 7.26. The summed E-state index contributed by atoms with van der Waals surface area (Å²) in [4.78, 5) is 11.7. The zero-order valence-corrected chi connectivity index (χ0v) is 12.6. The van der Waals surface area contributed by atoms with Crippen molar-refractivity contribution in [1.29, 1.82) is 0 Å². The highest BCUT2D eigenvalue weighted by Gasteiger charge is 2.05. The molecule has 0 radical (unpaired) electrons. The van der Waals surface area contributed by atoms with Gasteiger partial charge in [-0.05, 0) is 29.3 Å². The molecule has 1 heterocycles. The molecule has 0 fully saturated rings. The van der Waals surface area contributed by atoms with Crippen LogP contribution in [0.1, 0.15) is 11.1 Å². The van der Waals surface area contributed by atoms with E-state index in [-0.39, 0.29) is 0 Å². The topological polar surface area (TPSA) is 64.3 Å². The van der Waals surface area contributed by atoms with E-state index in [2.05, 4.69) is 5.10 Å². The van der Waals surface area contributed by atoms with E-state index in [0.717, 1.165) is 27.8 Å². The quantitative estimate of drug-likeness (QED) is 0.656. The van der Waals surface area contributed by atoms with Gasteiger partial charge in [0.25, 0.3) is 0 Å². The molecule has 0 atom stereocenters. The second-order valence-corrected chi connectivity index (χ2v) is 5.42. The Balaban J connectivity index is 2.19. The number of thioether (sulfide) groups is 1. The number of nitrogens with zero attached hydrogens (tertiary/aromatic N) is 2. The van der Waals surface area contributed by atoms with Crippen molar-refractivity contribution in [3.05, 3.63) is 47.8 Å². The number of aliphatic carboxylic acids is 1. The Kier molecular flexibility index (Phi) is 5.05. The molecule has 0 saturated carbocycles. The van der Waals surface area contributed by atoms with E-state index in [1.807, 2.05) is 31.4 Å². The van der Waals surface area contributed by atoms with Crippen LogP contribution in [0.5, 0.6) is 5.75 Å². The molecular weight excluding hydrogens is 288 g/mol. The molecule has 2 rings (SSSR count). The van der Waals surface area contributed by atoms with Gasteiger partial charge >= 0.3 is 5.97 Å². The van der Waals surface area contributed by atoms with E-state index in [1.165, 1.54) is 0 Å². The number of rotatable bonds is 6. The third kappa shape index (κ3) is 4.39. The van der Waals surface area contributed by atoms with Gasteiger partial charge in [0.15, 0.2) is 0 Å². The fourth-order valence-corrected chi connectivity index (χ4v) is 2.71. The second kappa shape index (κ2) is 6.99. The Morgan fingerprint density at radius 2 is 2.33 bits per heavy atom. The van der Waals surface area contributed by atoms with E-state index < -0.39 is 5.97 Å². The molecule has 0 aliphatic rings. The van der Waals surface area contributed by atoms with Crippen LogP contribution >= 0.6 is 11.8 Å². The Morgan fingerprint density at radius 3 is 2.95 bits per heavy atom. The molecule has 21 heavy (non-hydrogen) atoms. The minimum Gasteiger partial charge on any atom is -0.497 e. The summed E-state index contributed by atoms with van der Waals surface area (Å²) in [7, 11) is 3.48. The Morgan fingerprint density at radius 1 is 1.52 bits per heavy atom. The molecule has 110 valence electrons. The van der Waals surface area contributed by atoms with Crippen LogP contribution in [0.15, 0.2) is 41.6 Å². The van der Waals surface area contributed by atoms with Crippen molar-refractivity contribution in [2.75, 3.05) is 7.11 Å². The predicted octanol–water partition coefficient (Wildman–Crippen LogP) is 2.82. The standard InChI is InChI=1S/C15H16N2O3S/c1-17-9-14(8-16-17)21-10-12-7-13(20-2)5-3-11(12)4-6-15(18)19/h3-9H,10H2,1-2H3,(H,18,19). The number of carbonyl (C=O) groups is 1. The second-order valence-electron chi connectivity index (χ2n) is 4.37. The van der Waals surface area contributed by atoms with Gasteiger partial charge < -0.3 is 9.84 Å². The molecule has 2 aromatic rings. The Labute approximate surface area is 127 Å². The minimum atomic E-state index is -0.961. The average Bonchev–Trinajstić information content (AvgIpc) is 2.88. The molecule has 6 heteroatoms. The maximum Gasteiger partial charge on any atom is 0.328 e.